The first-order valence-electron chi connectivity index (χ1n) is 8.31. The normalized spacial score (nSPS) is 31.1. The number of ether oxygens (including phenoxy) is 3. The summed E-state index contributed by atoms with van der Waals surface area (Å²) in [6, 6.07) is 9.97. The molecule has 0 bridgehead atoms. The Morgan fingerprint density at radius 1 is 1.33 bits per heavy atom. The van der Waals surface area contributed by atoms with E-state index >= 15 is 0 Å². The Morgan fingerprint density at radius 3 is 2.62 bits per heavy atom. The Bertz CT molecular complexity index is 576. The lowest BCUT2D eigenvalue weighted by Crippen LogP contribution is -2.41. The first-order valence-corrected chi connectivity index (χ1v) is 8.31. The lowest BCUT2D eigenvalue weighted by molar-refractivity contribution is -0.216. The summed E-state index contributed by atoms with van der Waals surface area (Å²) in [5, 5.41) is 1.87. The molecule has 6 nitrogen and oxygen atoms in total. The molecular formula is C18H25NO5. The van der Waals surface area contributed by atoms with Crippen molar-refractivity contribution >= 4 is 5.97 Å². The van der Waals surface area contributed by atoms with Gasteiger partial charge in [-0.2, -0.15) is 5.06 Å². The van der Waals surface area contributed by atoms with Crippen LogP contribution in [0.3, 0.4) is 0 Å². The van der Waals surface area contributed by atoms with Crippen LogP contribution in [0.5, 0.6) is 0 Å². The van der Waals surface area contributed by atoms with Crippen molar-refractivity contribution in [1.82, 2.24) is 5.06 Å². The number of hydrogen-bond donors (Lipinski definition) is 0. The molecule has 2 aliphatic heterocycles. The highest BCUT2D eigenvalue weighted by Gasteiger charge is 2.48. The second-order valence-corrected chi connectivity index (χ2v) is 6.73. The van der Waals surface area contributed by atoms with Crippen molar-refractivity contribution in [3.05, 3.63) is 35.9 Å². The molecule has 2 aliphatic rings. The number of benzene rings is 1. The second kappa shape index (κ2) is 6.80. The monoisotopic (exact) mass is 335 g/mol. The third kappa shape index (κ3) is 3.47. The topological polar surface area (TPSA) is 57.2 Å². The molecule has 1 aromatic rings. The Labute approximate surface area is 142 Å². The van der Waals surface area contributed by atoms with Gasteiger partial charge in [-0.1, -0.05) is 30.3 Å². The van der Waals surface area contributed by atoms with E-state index in [1.807, 2.05) is 49.2 Å². The number of hydrogen-bond acceptors (Lipinski definition) is 6. The number of rotatable bonds is 4. The Hall–Kier alpha value is -1.47. The fourth-order valence-electron chi connectivity index (χ4n) is 3.34. The highest BCUT2D eigenvalue weighted by Crippen LogP contribution is 2.37. The van der Waals surface area contributed by atoms with E-state index in [-0.39, 0.29) is 24.2 Å². The zero-order valence-electron chi connectivity index (χ0n) is 14.6. The lowest BCUT2D eigenvalue weighted by atomic mass is 10.0. The molecule has 2 fully saturated rings. The van der Waals surface area contributed by atoms with E-state index in [0.29, 0.717) is 13.0 Å². The zero-order chi connectivity index (χ0) is 17.3. The second-order valence-electron chi connectivity index (χ2n) is 6.73. The minimum atomic E-state index is -0.615. The van der Waals surface area contributed by atoms with E-state index in [0.717, 1.165) is 5.56 Å². The van der Waals surface area contributed by atoms with Gasteiger partial charge in [-0.15, -0.1) is 0 Å². The summed E-state index contributed by atoms with van der Waals surface area (Å²) in [7, 11) is 1.38. The molecule has 3 rings (SSSR count). The minimum Gasteiger partial charge on any atom is -0.467 e. The predicted molar refractivity (Wildman–Crippen MR) is 86.9 cm³/mol. The van der Waals surface area contributed by atoms with Crippen molar-refractivity contribution in [2.24, 2.45) is 0 Å². The summed E-state index contributed by atoms with van der Waals surface area (Å²) in [6.07, 6.45) is -0.243. The van der Waals surface area contributed by atoms with Crippen LogP contribution in [0.2, 0.25) is 0 Å². The van der Waals surface area contributed by atoms with Gasteiger partial charge in [0, 0.05) is 6.42 Å². The van der Waals surface area contributed by atoms with Gasteiger partial charge in [0.2, 0.25) is 0 Å². The van der Waals surface area contributed by atoms with E-state index in [2.05, 4.69) is 6.92 Å². The van der Waals surface area contributed by atoms with Gasteiger partial charge in [0.05, 0.1) is 25.8 Å². The van der Waals surface area contributed by atoms with E-state index < -0.39 is 11.9 Å². The van der Waals surface area contributed by atoms with Crippen molar-refractivity contribution in [2.45, 2.75) is 57.3 Å². The first-order chi connectivity index (χ1) is 11.4. The maximum atomic E-state index is 12.0. The van der Waals surface area contributed by atoms with Crippen molar-refractivity contribution in [2.75, 3.05) is 13.7 Å². The van der Waals surface area contributed by atoms with Crippen LogP contribution in [0.1, 0.15) is 38.8 Å². The summed E-state index contributed by atoms with van der Waals surface area (Å²) in [4.78, 5) is 17.9. The molecule has 1 aromatic carbocycles. The predicted octanol–water partition coefficient (Wildman–Crippen LogP) is 2.45. The fourth-order valence-corrected chi connectivity index (χ4v) is 3.34. The summed E-state index contributed by atoms with van der Waals surface area (Å²) in [5.41, 5.74) is 1.12. The molecule has 0 saturated carbocycles. The van der Waals surface area contributed by atoms with Gasteiger partial charge in [-0.3, -0.25) is 4.84 Å². The van der Waals surface area contributed by atoms with Gasteiger partial charge < -0.3 is 14.2 Å². The molecule has 0 aromatic heterocycles. The van der Waals surface area contributed by atoms with Crippen LogP contribution in [0.25, 0.3) is 0 Å². The van der Waals surface area contributed by atoms with Crippen molar-refractivity contribution < 1.29 is 23.8 Å². The summed E-state index contributed by atoms with van der Waals surface area (Å²) in [6.45, 7) is 6.33. The Kier molecular flexibility index (Phi) is 4.92. The van der Waals surface area contributed by atoms with Gasteiger partial charge in [0.1, 0.15) is 6.10 Å². The van der Waals surface area contributed by atoms with E-state index in [1.165, 1.54) is 7.11 Å². The van der Waals surface area contributed by atoms with Crippen LogP contribution >= 0.6 is 0 Å². The molecule has 0 spiro atoms. The summed E-state index contributed by atoms with van der Waals surface area (Å²) >= 11 is 0. The number of nitrogens with zero attached hydrogens (tertiary/aromatic N) is 1. The van der Waals surface area contributed by atoms with Gasteiger partial charge in [-0.25, -0.2) is 4.79 Å². The molecule has 6 heteroatoms. The quantitative estimate of drug-likeness (QED) is 0.788. The van der Waals surface area contributed by atoms with Gasteiger partial charge in [0.25, 0.3) is 0 Å². The number of hydroxylamine groups is 2. The van der Waals surface area contributed by atoms with Crippen LogP contribution in [-0.2, 0) is 23.8 Å². The summed E-state index contributed by atoms with van der Waals surface area (Å²) < 4.78 is 16.6. The molecule has 0 N–H and O–H groups in total. The van der Waals surface area contributed by atoms with Crippen molar-refractivity contribution in [1.29, 1.82) is 0 Å². The molecule has 0 aliphatic carbocycles. The largest absolute Gasteiger partial charge is 0.467 e. The maximum absolute atomic E-state index is 12.0. The zero-order valence-corrected chi connectivity index (χ0v) is 14.6. The van der Waals surface area contributed by atoms with Gasteiger partial charge in [0.15, 0.2) is 11.9 Å². The SMILES string of the molecule is COC(=O)[C@@H]1C[C@@H]([C@H]2COC(C)(C)O2)N([C@H](C)c2ccccc2)O1. The number of carbonyl (C=O) groups excluding carboxylic acids is 1. The van der Waals surface area contributed by atoms with Crippen LogP contribution in [0, 0.1) is 0 Å². The number of esters is 1. The van der Waals surface area contributed by atoms with Crippen LogP contribution < -0.4 is 0 Å². The van der Waals surface area contributed by atoms with E-state index in [9.17, 15) is 4.79 Å². The average molecular weight is 335 g/mol. The highest BCUT2D eigenvalue weighted by atomic mass is 16.8. The van der Waals surface area contributed by atoms with Crippen molar-refractivity contribution in [3.63, 3.8) is 0 Å². The molecule has 0 radical (unpaired) electrons. The average Bonchev–Trinajstić information content (AvgIpc) is 3.17. The van der Waals surface area contributed by atoms with Gasteiger partial charge in [-0.05, 0) is 26.3 Å². The molecule has 24 heavy (non-hydrogen) atoms. The first kappa shape index (κ1) is 17.4. The summed E-state index contributed by atoms with van der Waals surface area (Å²) in [5.74, 6) is -0.976. The van der Waals surface area contributed by atoms with Crippen LogP contribution in [0.4, 0.5) is 0 Å². The van der Waals surface area contributed by atoms with Crippen LogP contribution in [0.15, 0.2) is 30.3 Å². The lowest BCUT2D eigenvalue weighted by Gasteiger charge is -2.32. The molecule has 132 valence electrons. The molecule has 0 amide bonds. The Balaban J connectivity index is 1.82. The molecular weight excluding hydrogens is 310 g/mol. The molecule has 2 heterocycles. The minimum absolute atomic E-state index is 0.0156. The fraction of sp³-hybridized carbons (Fsp3) is 0.611. The Morgan fingerprint density at radius 2 is 2.04 bits per heavy atom. The van der Waals surface area contributed by atoms with E-state index in [4.69, 9.17) is 19.0 Å². The molecule has 2 saturated heterocycles. The third-order valence-electron chi connectivity index (χ3n) is 4.62. The van der Waals surface area contributed by atoms with E-state index in [1.54, 1.807) is 0 Å². The smallest absolute Gasteiger partial charge is 0.337 e. The number of methoxy groups -OCH3 is 1. The highest BCUT2D eigenvalue weighted by molar-refractivity contribution is 5.74. The molecule has 0 unspecified atom stereocenters. The number of carbonyl (C=O) groups is 1. The molecule has 4 atom stereocenters. The standard InChI is InChI=1S/C18H25NO5/c1-12(13-8-6-5-7-9-13)19-14(10-15(24-19)17(20)21-4)16-11-22-18(2,3)23-16/h5-9,12,14-16H,10-11H2,1-4H3/t12-,14+,15+,16-/m1/s1. The maximum Gasteiger partial charge on any atom is 0.337 e. The third-order valence-corrected chi connectivity index (χ3v) is 4.62. The van der Waals surface area contributed by atoms with Crippen molar-refractivity contribution in [3.8, 4) is 0 Å². The van der Waals surface area contributed by atoms with Crippen LogP contribution in [-0.4, -0.2) is 48.8 Å². The van der Waals surface area contributed by atoms with Gasteiger partial charge >= 0.3 is 5.97 Å².